The first-order valence-corrected chi connectivity index (χ1v) is 7.78. The Balaban J connectivity index is 2.61. The Morgan fingerprint density at radius 2 is 1.85 bits per heavy atom. The third kappa shape index (κ3) is 4.47. The highest BCUT2D eigenvalue weighted by Gasteiger charge is 2.40. The van der Waals surface area contributed by atoms with Gasteiger partial charge in [-0.1, -0.05) is 20.3 Å². The monoisotopic (exact) mass is 283 g/mol. The van der Waals surface area contributed by atoms with Crippen LogP contribution >= 0.6 is 0 Å². The maximum atomic E-state index is 12.7. The van der Waals surface area contributed by atoms with Crippen molar-refractivity contribution in [2.24, 2.45) is 5.41 Å². The van der Waals surface area contributed by atoms with E-state index in [1.54, 1.807) is 11.9 Å². The highest BCUT2D eigenvalue weighted by atomic mass is 16.2. The number of carbonyl (C=O) groups excluding carboxylic acids is 2. The van der Waals surface area contributed by atoms with Gasteiger partial charge in [-0.2, -0.15) is 0 Å². The lowest BCUT2D eigenvalue weighted by Gasteiger charge is -2.38. The normalized spacial score (nSPS) is 17.6. The van der Waals surface area contributed by atoms with Crippen molar-refractivity contribution in [3.8, 4) is 0 Å². The Morgan fingerprint density at radius 1 is 1.20 bits per heavy atom. The summed E-state index contributed by atoms with van der Waals surface area (Å²) in [7, 11) is 1.74. The summed E-state index contributed by atoms with van der Waals surface area (Å²) in [6.45, 7) is 6.75. The number of amides is 2. The first-order valence-electron chi connectivity index (χ1n) is 7.78. The van der Waals surface area contributed by atoms with Crippen LogP contribution in [0, 0.1) is 5.41 Å². The van der Waals surface area contributed by atoms with Crippen molar-refractivity contribution in [1.82, 2.24) is 15.5 Å². The second-order valence-corrected chi connectivity index (χ2v) is 5.79. The zero-order valence-electron chi connectivity index (χ0n) is 13.1. The van der Waals surface area contributed by atoms with E-state index in [9.17, 15) is 9.59 Å². The molecule has 0 aromatic rings. The largest absolute Gasteiger partial charge is 0.355 e. The molecule has 0 atom stereocenters. The molecule has 1 aliphatic heterocycles. The Kier molecular flexibility index (Phi) is 6.99. The number of hydrogen-bond acceptors (Lipinski definition) is 3. The molecule has 2 N–H and O–H groups in total. The van der Waals surface area contributed by atoms with Crippen molar-refractivity contribution >= 4 is 11.8 Å². The van der Waals surface area contributed by atoms with Crippen molar-refractivity contribution in [1.29, 1.82) is 0 Å². The molecule has 0 aromatic heterocycles. The van der Waals surface area contributed by atoms with Crippen LogP contribution < -0.4 is 10.6 Å². The fraction of sp³-hybridized carbons (Fsp3) is 0.867. The van der Waals surface area contributed by atoms with Crippen LogP contribution in [0.15, 0.2) is 0 Å². The molecule has 1 fully saturated rings. The molecule has 0 radical (unpaired) electrons. The molecule has 0 aromatic carbocycles. The summed E-state index contributed by atoms with van der Waals surface area (Å²) >= 11 is 0. The lowest BCUT2D eigenvalue weighted by Crippen LogP contribution is -2.50. The van der Waals surface area contributed by atoms with Crippen LogP contribution in [0.3, 0.4) is 0 Å². The van der Waals surface area contributed by atoms with Crippen molar-refractivity contribution in [3.05, 3.63) is 0 Å². The lowest BCUT2D eigenvalue weighted by atomic mass is 9.74. The first-order chi connectivity index (χ1) is 9.55. The fourth-order valence-corrected chi connectivity index (χ4v) is 2.97. The van der Waals surface area contributed by atoms with Crippen molar-refractivity contribution in [3.63, 3.8) is 0 Å². The standard InChI is InChI=1S/C15H29N3O2/c1-4-6-15(7-10-16-11-8-15)14(20)18(3)12-13(19)17-9-5-2/h16H,4-12H2,1-3H3,(H,17,19). The van der Waals surface area contributed by atoms with E-state index in [2.05, 4.69) is 17.6 Å². The van der Waals surface area contributed by atoms with Gasteiger partial charge in [0.1, 0.15) is 0 Å². The second-order valence-electron chi connectivity index (χ2n) is 5.79. The minimum absolute atomic E-state index is 0.0664. The summed E-state index contributed by atoms with van der Waals surface area (Å²) in [4.78, 5) is 26.1. The molecule has 0 bridgehead atoms. The van der Waals surface area contributed by atoms with Crippen LogP contribution in [0.2, 0.25) is 0 Å². The van der Waals surface area contributed by atoms with Crippen LogP contribution in [0.25, 0.3) is 0 Å². The summed E-state index contributed by atoms with van der Waals surface area (Å²) < 4.78 is 0. The highest BCUT2D eigenvalue weighted by molar-refractivity contribution is 5.87. The molecule has 1 rings (SSSR count). The molecule has 116 valence electrons. The zero-order valence-corrected chi connectivity index (χ0v) is 13.1. The van der Waals surface area contributed by atoms with Gasteiger partial charge in [0.2, 0.25) is 11.8 Å². The van der Waals surface area contributed by atoms with Gasteiger partial charge in [0.15, 0.2) is 0 Å². The summed E-state index contributed by atoms with van der Waals surface area (Å²) in [5.74, 6) is 0.0655. The Bertz CT molecular complexity index is 320. The minimum atomic E-state index is -0.264. The van der Waals surface area contributed by atoms with Crippen LogP contribution in [0.1, 0.15) is 46.0 Å². The predicted octanol–water partition coefficient (Wildman–Crippen LogP) is 1.14. The van der Waals surface area contributed by atoms with E-state index in [1.807, 2.05) is 6.92 Å². The summed E-state index contributed by atoms with van der Waals surface area (Å²) in [6.07, 6.45) is 4.58. The third-order valence-corrected chi connectivity index (χ3v) is 4.04. The van der Waals surface area contributed by atoms with Crippen LogP contribution in [-0.4, -0.2) is 49.9 Å². The molecule has 1 heterocycles. The zero-order chi connectivity index (χ0) is 15.0. The second kappa shape index (κ2) is 8.25. The van der Waals surface area contributed by atoms with Gasteiger partial charge in [-0.05, 0) is 38.8 Å². The molecular formula is C15H29N3O2. The van der Waals surface area contributed by atoms with Gasteiger partial charge >= 0.3 is 0 Å². The molecule has 0 unspecified atom stereocenters. The predicted molar refractivity (Wildman–Crippen MR) is 80.4 cm³/mol. The molecule has 2 amide bonds. The Hall–Kier alpha value is -1.10. The van der Waals surface area contributed by atoms with Gasteiger partial charge in [0.05, 0.1) is 12.0 Å². The highest BCUT2D eigenvalue weighted by Crippen LogP contribution is 2.35. The van der Waals surface area contributed by atoms with Crippen LogP contribution in [-0.2, 0) is 9.59 Å². The smallest absolute Gasteiger partial charge is 0.239 e. The number of nitrogens with zero attached hydrogens (tertiary/aromatic N) is 1. The Morgan fingerprint density at radius 3 is 2.40 bits per heavy atom. The van der Waals surface area contributed by atoms with Crippen LogP contribution in [0.5, 0.6) is 0 Å². The van der Waals surface area contributed by atoms with E-state index < -0.39 is 0 Å². The summed E-state index contributed by atoms with van der Waals surface area (Å²) in [5.41, 5.74) is -0.264. The topological polar surface area (TPSA) is 61.4 Å². The molecule has 5 nitrogen and oxygen atoms in total. The van der Waals surface area contributed by atoms with Gasteiger partial charge in [-0.25, -0.2) is 0 Å². The van der Waals surface area contributed by atoms with E-state index in [-0.39, 0.29) is 23.8 Å². The van der Waals surface area contributed by atoms with Gasteiger partial charge in [-0.15, -0.1) is 0 Å². The summed E-state index contributed by atoms with van der Waals surface area (Å²) in [6, 6.07) is 0. The maximum Gasteiger partial charge on any atom is 0.239 e. The maximum absolute atomic E-state index is 12.7. The average Bonchev–Trinajstić information content (AvgIpc) is 2.45. The molecule has 0 saturated carbocycles. The minimum Gasteiger partial charge on any atom is -0.355 e. The molecule has 0 spiro atoms. The molecule has 1 aliphatic rings. The van der Waals surface area contributed by atoms with E-state index >= 15 is 0 Å². The SMILES string of the molecule is CCCNC(=O)CN(C)C(=O)C1(CCC)CCNCC1. The lowest BCUT2D eigenvalue weighted by molar-refractivity contribution is -0.145. The van der Waals surface area contributed by atoms with Gasteiger partial charge in [0.25, 0.3) is 0 Å². The molecule has 1 saturated heterocycles. The van der Waals surface area contributed by atoms with E-state index in [1.165, 1.54) is 0 Å². The number of piperidine rings is 1. The van der Waals surface area contributed by atoms with Gasteiger partial charge in [0, 0.05) is 13.6 Å². The number of carbonyl (C=O) groups is 2. The molecule has 20 heavy (non-hydrogen) atoms. The van der Waals surface area contributed by atoms with E-state index in [0.29, 0.717) is 6.54 Å². The molecule has 0 aliphatic carbocycles. The summed E-state index contributed by atoms with van der Waals surface area (Å²) in [5, 5.41) is 6.13. The van der Waals surface area contributed by atoms with Crippen molar-refractivity contribution in [2.75, 3.05) is 33.2 Å². The average molecular weight is 283 g/mol. The quantitative estimate of drug-likeness (QED) is 0.736. The molecule has 5 heteroatoms. The van der Waals surface area contributed by atoms with Gasteiger partial charge < -0.3 is 15.5 Å². The van der Waals surface area contributed by atoms with Crippen molar-refractivity contribution < 1.29 is 9.59 Å². The van der Waals surface area contributed by atoms with Gasteiger partial charge in [-0.3, -0.25) is 9.59 Å². The number of likely N-dealkylation sites (N-methyl/N-ethyl adjacent to an activating group) is 1. The van der Waals surface area contributed by atoms with E-state index in [0.717, 1.165) is 45.2 Å². The fourth-order valence-electron chi connectivity index (χ4n) is 2.97. The van der Waals surface area contributed by atoms with Crippen molar-refractivity contribution in [2.45, 2.75) is 46.0 Å². The number of hydrogen-bond donors (Lipinski definition) is 2. The van der Waals surface area contributed by atoms with E-state index in [4.69, 9.17) is 0 Å². The Labute approximate surface area is 122 Å². The number of rotatable bonds is 7. The van der Waals surface area contributed by atoms with Crippen LogP contribution in [0.4, 0.5) is 0 Å². The first kappa shape index (κ1) is 17.0. The third-order valence-electron chi connectivity index (χ3n) is 4.04. The molecular weight excluding hydrogens is 254 g/mol. The number of nitrogens with one attached hydrogen (secondary N) is 2.